The zero-order valence-corrected chi connectivity index (χ0v) is 19.4. The van der Waals surface area contributed by atoms with Crippen molar-refractivity contribution < 1.29 is 13.9 Å². The van der Waals surface area contributed by atoms with Gasteiger partial charge < -0.3 is 14.5 Å². The monoisotopic (exact) mass is 448 g/mol. The fourth-order valence-corrected chi connectivity index (χ4v) is 4.00. The fraction of sp³-hybridized carbons (Fsp3) is 0.423. The summed E-state index contributed by atoms with van der Waals surface area (Å²) in [4.78, 5) is 23.9. The Morgan fingerprint density at radius 2 is 1.97 bits per heavy atom. The Kier molecular flexibility index (Phi) is 7.73. The number of oxazole rings is 1. The average Bonchev–Trinajstić information content (AvgIpc) is 3.22. The van der Waals surface area contributed by atoms with Gasteiger partial charge in [-0.1, -0.05) is 13.0 Å². The van der Waals surface area contributed by atoms with Gasteiger partial charge in [-0.3, -0.25) is 14.7 Å². The predicted molar refractivity (Wildman–Crippen MR) is 127 cm³/mol. The molecule has 174 valence electrons. The van der Waals surface area contributed by atoms with Crippen LogP contribution in [0.15, 0.2) is 53.1 Å². The smallest absolute Gasteiger partial charge is 0.226 e. The quantitative estimate of drug-likeness (QED) is 0.524. The lowest BCUT2D eigenvalue weighted by molar-refractivity contribution is -0.126. The molecule has 0 atom stereocenters. The largest absolute Gasteiger partial charge is 0.494 e. The number of amides is 1. The predicted octanol–water partition coefficient (Wildman–Crippen LogP) is 4.36. The number of aryl methyl sites for hydroxylation is 1. The van der Waals surface area contributed by atoms with E-state index in [-0.39, 0.29) is 11.8 Å². The van der Waals surface area contributed by atoms with Crippen molar-refractivity contribution in [2.75, 3.05) is 19.7 Å². The van der Waals surface area contributed by atoms with Crippen LogP contribution in [0.2, 0.25) is 0 Å². The van der Waals surface area contributed by atoms with Crippen molar-refractivity contribution in [3.63, 3.8) is 0 Å². The van der Waals surface area contributed by atoms with E-state index >= 15 is 0 Å². The van der Waals surface area contributed by atoms with Crippen molar-refractivity contribution >= 4 is 5.91 Å². The Balaban J connectivity index is 1.27. The molecular weight excluding hydrogens is 416 g/mol. The van der Waals surface area contributed by atoms with Crippen molar-refractivity contribution in [1.82, 2.24) is 20.2 Å². The Labute approximate surface area is 195 Å². The summed E-state index contributed by atoms with van der Waals surface area (Å²) in [6.45, 7) is 7.71. The van der Waals surface area contributed by atoms with E-state index in [4.69, 9.17) is 14.1 Å². The van der Waals surface area contributed by atoms with E-state index < -0.39 is 0 Å². The highest BCUT2D eigenvalue weighted by Gasteiger charge is 2.26. The first-order valence-corrected chi connectivity index (χ1v) is 11.7. The number of pyridine rings is 1. The van der Waals surface area contributed by atoms with Crippen LogP contribution in [0.25, 0.3) is 11.5 Å². The minimum Gasteiger partial charge on any atom is -0.494 e. The third-order valence-corrected chi connectivity index (χ3v) is 5.97. The zero-order valence-electron chi connectivity index (χ0n) is 19.4. The Bertz CT molecular complexity index is 1030. The lowest BCUT2D eigenvalue weighted by atomic mass is 9.95. The Hall–Kier alpha value is -3.19. The molecule has 1 amide bonds. The van der Waals surface area contributed by atoms with Crippen molar-refractivity contribution in [2.24, 2.45) is 5.92 Å². The molecule has 1 aliphatic heterocycles. The summed E-state index contributed by atoms with van der Waals surface area (Å²) in [5.74, 6) is 2.50. The van der Waals surface area contributed by atoms with E-state index in [9.17, 15) is 4.79 Å². The molecule has 7 heteroatoms. The van der Waals surface area contributed by atoms with Crippen LogP contribution in [0, 0.1) is 12.8 Å². The molecule has 0 saturated carbocycles. The van der Waals surface area contributed by atoms with Crippen LogP contribution in [0.3, 0.4) is 0 Å². The first kappa shape index (κ1) is 23.0. The highest BCUT2D eigenvalue weighted by molar-refractivity contribution is 5.78. The molecule has 2 aromatic heterocycles. The van der Waals surface area contributed by atoms with Gasteiger partial charge in [-0.2, -0.15) is 0 Å². The summed E-state index contributed by atoms with van der Waals surface area (Å²) in [6, 6.07) is 13.6. The Morgan fingerprint density at radius 1 is 1.18 bits per heavy atom. The first-order chi connectivity index (χ1) is 16.1. The molecule has 1 fully saturated rings. The van der Waals surface area contributed by atoms with Crippen LogP contribution < -0.4 is 10.1 Å². The van der Waals surface area contributed by atoms with Crippen molar-refractivity contribution in [2.45, 2.75) is 46.2 Å². The number of carbonyl (C=O) groups is 1. The molecule has 0 unspecified atom stereocenters. The molecule has 0 radical (unpaired) electrons. The second kappa shape index (κ2) is 11.1. The zero-order chi connectivity index (χ0) is 23.0. The standard InChI is InChI=1S/C26H32N4O3/c1-3-16-32-23-9-7-21(8-10-23)26-29-24(19(2)33-26)18-30-14-11-20(12-15-30)25(31)28-17-22-6-4-5-13-27-22/h4-10,13,20H,3,11-12,14-18H2,1-2H3,(H,28,31). The molecular formula is C26H32N4O3. The van der Waals surface area contributed by atoms with Crippen LogP contribution in [0.4, 0.5) is 0 Å². The van der Waals surface area contributed by atoms with Gasteiger partial charge in [0.2, 0.25) is 11.8 Å². The van der Waals surface area contributed by atoms with E-state index in [0.717, 1.165) is 67.4 Å². The summed E-state index contributed by atoms with van der Waals surface area (Å²) < 4.78 is 11.6. The normalized spacial score (nSPS) is 14.8. The van der Waals surface area contributed by atoms with Gasteiger partial charge in [0.1, 0.15) is 11.5 Å². The van der Waals surface area contributed by atoms with Crippen LogP contribution in [0.1, 0.15) is 43.3 Å². The number of ether oxygens (including phenoxy) is 1. The van der Waals surface area contributed by atoms with Crippen LogP contribution in [-0.4, -0.2) is 40.5 Å². The molecule has 0 spiro atoms. The molecule has 4 rings (SSSR count). The number of benzene rings is 1. The third-order valence-electron chi connectivity index (χ3n) is 5.97. The van der Waals surface area contributed by atoms with Crippen LogP contribution in [-0.2, 0) is 17.9 Å². The summed E-state index contributed by atoms with van der Waals surface area (Å²) in [7, 11) is 0. The minimum absolute atomic E-state index is 0.0485. The topological polar surface area (TPSA) is 80.5 Å². The van der Waals surface area contributed by atoms with Gasteiger partial charge in [-0.25, -0.2) is 4.98 Å². The van der Waals surface area contributed by atoms with E-state index in [1.165, 1.54) is 0 Å². The highest BCUT2D eigenvalue weighted by atomic mass is 16.5. The minimum atomic E-state index is 0.0485. The Morgan fingerprint density at radius 3 is 2.67 bits per heavy atom. The average molecular weight is 449 g/mol. The molecule has 0 aliphatic carbocycles. The number of nitrogens with zero attached hydrogens (tertiary/aromatic N) is 3. The van der Waals surface area contributed by atoms with Gasteiger partial charge in [-0.15, -0.1) is 0 Å². The molecule has 1 aliphatic rings. The lowest BCUT2D eigenvalue weighted by Crippen LogP contribution is -2.40. The summed E-state index contributed by atoms with van der Waals surface area (Å²) in [5.41, 5.74) is 2.77. The van der Waals surface area contributed by atoms with Gasteiger partial charge in [0.25, 0.3) is 0 Å². The van der Waals surface area contributed by atoms with Crippen LogP contribution in [0.5, 0.6) is 5.75 Å². The van der Waals surface area contributed by atoms with Crippen molar-refractivity contribution in [3.8, 4) is 17.2 Å². The molecule has 1 aromatic carbocycles. The van der Waals surface area contributed by atoms with E-state index in [1.807, 2.05) is 49.4 Å². The summed E-state index contributed by atoms with van der Waals surface area (Å²) in [6.07, 6.45) is 4.42. The van der Waals surface area contributed by atoms with Crippen molar-refractivity contribution in [3.05, 3.63) is 65.8 Å². The molecule has 3 aromatic rings. The van der Waals surface area contributed by atoms with Crippen LogP contribution >= 0.6 is 0 Å². The number of piperidine rings is 1. The maximum Gasteiger partial charge on any atom is 0.226 e. The van der Waals surface area contributed by atoms with E-state index in [0.29, 0.717) is 19.0 Å². The number of hydrogen-bond acceptors (Lipinski definition) is 6. The summed E-state index contributed by atoms with van der Waals surface area (Å²) in [5, 5.41) is 3.02. The van der Waals surface area contributed by atoms with Gasteiger partial charge in [0.15, 0.2) is 0 Å². The second-order valence-corrected chi connectivity index (χ2v) is 8.48. The maximum absolute atomic E-state index is 12.5. The number of hydrogen-bond donors (Lipinski definition) is 1. The van der Waals surface area contributed by atoms with Gasteiger partial charge in [0.05, 0.1) is 24.5 Å². The highest BCUT2D eigenvalue weighted by Crippen LogP contribution is 2.26. The third kappa shape index (κ3) is 6.20. The molecule has 3 heterocycles. The number of rotatable bonds is 9. The number of nitrogens with one attached hydrogen (secondary N) is 1. The molecule has 1 N–H and O–H groups in total. The summed E-state index contributed by atoms with van der Waals surface area (Å²) >= 11 is 0. The van der Waals surface area contributed by atoms with Gasteiger partial charge in [0, 0.05) is 24.2 Å². The number of aromatic nitrogens is 2. The number of carbonyl (C=O) groups excluding carboxylic acids is 1. The SMILES string of the molecule is CCCOc1ccc(-c2nc(CN3CCC(C(=O)NCc4ccccn4)CC3)c(C)o2)cc1. The number of likely N-dealkylation sites (tertiary alicyclic amines) is 1. The van der Waals surface area contributed by atoms with E-state index in [2.05, 4.69) is 22.1 Å². The molecule has 33 heavy (non-hydrogen) atoms. The van der Waals surface area contributed by atoms with Gasteiger partial charge >= 0.3 is 0 Å². The van der Waals surface area contributed by atoms with Gasteiger partial charge in [-0.05, 0) is 75.7 Å². The molecule has 1 saturated heterocycles. The molecule has 7 nitrogen and oxygen atoms in total. The molecule has 0 bridgehead atoms. The lowest BCUT2D eigenvalue weighted by Gasteiger charge is -2.30. The fourth-order valence-electron chi connectivity index (χ4n) is 4.00. The maximum atomic E-state index is 12.5. The first-order valence-electron chi connectivity index (χ1n) is 11.7. The van der Waals surface area contributed by atoms with Crippen molar-refractivity contribution in [1.29, 1.82) is 0 Å². The van der Waals surface area contributed by atoms with E-state index in [1.54, 1.807) is 6.20 Å². The second-order valence-electron chi connectivity index (χ2n) is 8.48.